The summed E-state index contributed by atoms with van der Waals surface area (Å²) < 4.78 is 0. The van der Waals surface area contributed by atoms with Crippen molar-refractivity contribution in [1.29, 1.82) is 0 Å². The molecular formula is C11H24O. The molecule has 2 atom stereocenters. The third-order valence-corrected chi connectivity index (χ3v) is 2.52. The van der Waals surface area contributed by atoms with E-state index in [4.69, 9.17) is 5.11 Å². The number of rotatable bonds is 7. The highest BCUT2D eigenvalue weighted by Crippen LogP contribution is 2.13. The molecule has 0 spiro atoms. The van der Waals surface area contributed by atoms with Crippen LogP contribution in [-0.4, -0.2) is 11.2 Å². The summed E-state index contributed by atoms with van der Waals surface area (Å²) in [5.74, 6) is 0.886. The molecule has 0 rings (SSSR count). The molecule has 0 bridgehead atoms. The van der Waals surface area contributed by atoms with Crippen molar-refractivity contribution in [1.82, 2.24) is 0 Å². The first-order chi connectivity index (χ1) is 5.66. The van der Waals surface area contributed by atoms with Crippen LogP contribution in [0.4, 0.5) is 0 Å². The van der Waals surface area contributed by atoms with Gasteiger partial charge < -0.3 is 5.11 Å². The monoisotopic (exact) mass is 172 g/mol. The van der Waals surface area contributed by atoms with Gasteiger partial charge in [-0.15, -0.1) is 0 Å². The first-order valence-corrected chi connectivity index (χ1v) is 5.34. The van der Waals surface area contributed by atoms with E-state index in [9.17, 15) is 0 Å². The van der Waals surface area contributed by atoms with E-state index in [1.54, 1.807) is 0 Å². The average molecular weight is 172 g/mol. The van der Waals surface area contributed by atoms with Gasteiger partial charge in [0.2, 0.25) is 0 Å². The summed E-state index contributed by atoms with van der Waals surface area (Å²) >= 11 is 0. The molecule has 0 aliphatic heterocycles. The van der Waals surface area contributed by atoms with Crippen LogP contribution in [0.1, 0.15) is 59.3 Å². The summed E-state index contributed by atoms with van der Waals surface area (Å²) in [6, 6.07) is 0. The topological polar surface area (TPSA) is 20.2 Å². The minimum Gasteiger partial charge on any atom is -0.393 e. The maximum Gasteiger partial charge on any atom is 0.0512 e. The van der Waals surface area contributed by atoms with Crippen LogP contribution >= 0.6 is 0 Å². The van der Waals surface area contributed by atoms with Gasteiger partial charge in [0.25, 0.3) is 0 Å². The Morgan fingerprint density at radius 3 is 2.08 bits per heavy atom. The first kappa shape index (κ1) is 12.0. The number of hydrogen-bond acceptors (Lipinski definition) is 1. The van der Waals surface area contributed by atoms with Crippen molar-refractivity contribution >= 4 is 0 Å². The molecule has 0 aromatic carbocycles. The Morgan fingerprint density at radius 2 is 1.58 bits per heavy atom. The zero-order chi connectivity index (χ0) is 9.40. The van der Waals surface area contributed by atoms with Gasteiger partial charge >= 0.3 is 0 Å². The second-order valence-corrected chi connectivity index (χ2v) is 4.00. The van der Waals surface area contributed by atoms with Crippen molar-refractivity contribution in [2.24, 2.45) is 5.92 Å². The Balaban J connectivity index is 3.00. The van der Waals surface area contributed by atoms with Crippen molar-refractivity contribution in [2.75, 3.05) is 0 Å². The molecule has 0 aromatic heterocycles. The summed E-state index contributed by atoms with van der Waals surface area (Å²) in [5, 5.41) is 9.01. The molecule has 0 aliphatic carbocycles. The summed E-state index contributed by atoms with van der Waals surface area (Å²) in [6.07, 6.45) is 7.34. The predicted molar refractivity (Wildman–Crippen MR) is 54.2 cm³/mol. The Kier molecular flexibility index (Phi) is 7.58. The zero-order valence-electron chi connectivity index (χ0n) is 8.84. The molecule has 0 aliphatic rings. The lowest BCUT2D eigenvalue weighted by atomic mass is 10.00. The maximum atomic E-state index is 9.01. The summed E-state index contributed by atoms with van der Waals surface area (Å²) in [6.45, 7) is 6.43. The van der Waals surface area contributed by atoms with E-state index in [1.807, 2.05) is 6.92 Å². The second kappa shape index (κ2) is 7.60. The van der Waals surface area contributed by atoms with E-state index in [0.717, 1.165) is 12.3 Å². The Hall–Kier alpha value is -0.0400. The van der Waals surface area contributed by atoms with E-state index in [-0.39, 0.29) is 6.10 Å². The van der Waals surface area contributed by atoms with Crippen molar-refractivity contribution in [3.05, 3.63) is 0 Å². The smallest absolute Gasteiger partial charge is 0.0512 e. The molecule has 0 radical (unpaired) electrons. The van der Waals surface area contributed by atoms with Crippen LogP contribution in [0.25, 0.3) is 0 Å². The highest BCUT2D eigenvalue weighted by Gasteiger charge is 1.99. The molecule has 0 saturated carbocycles. The lowest BCUT2D eigenvalue weighted by Gasteiger charge is -2.07. The van der Waals surface area contributed by atoms with E-state index >= 15 is 0 Å². The van der Waals surface area contributed by atoms with Crippen molar-refractivity contribution in [2.45, 2.75) is 65.4 Å². The van der Waals surface area contributed by atoms with Gasteiger partial charge in [-0.3, -0.25) is 0 Å². The lowest BCUT2D eigenvalue weighted by Crippen LogP contribution is -1.98. The van der Waals surface area contributed by atoms with Gasteiger partial charge in [-0.05, 0) is 19.3 Å². The van der Waals surface area contributed by atoms with Crippen LogP contribution in [0.15, 0.2) is 0 Å². The van der Waals surface area contributed by atoms with Crippen LogP contribution in [0.3, 0.4) is 0 Å². The highest BCUT2D eigenvalue weighted by molar-refractivity contribution is 4.52. The van der Waals surface area contributed by atoms with Gasteiger partial charge in [0.05, 0.1) is 6.10 Å². The molecule has 0 aromatic rings. The lowest BCUT2D eigenvalue weighted by molar-refractivity contribution is 0.180. The van der Waals surface area contributed by atoms with Crippen LogP contribution in [0.5, 0.6) is 0 Å². The van der Waals surface area contributed by atoms with Crippen LogP contribution in [0, 0.1) is 5.92 Å². The van der Waals surface area contributed by atoms with Crippen molar-refractivity contribution in [3.8, 4) is 0 Å². The van der Waals surface area contributed by atoms with Crippen molar-refractivity contribution in [3.63, 3.8) is 0 Å². The molecule has 74 valence electrons. The Morgan fingerprint density at radius 1 is 1.00 bits per heavy atom. The summed E-state index contributed by atoms with van der Waals surface area (Å²) in [5.41, 5.74) is 0. The maximum absolute atomic E-state index is 9.01. The van der Waals surface area contributed by atoms with Gasteiger partial charge in [0.15, 0.2) is 0 Å². The van der Waals surface area contributed by atoms with E-state index in [1.165, 1.54) is 32.1 Å². The predicted octanol–water partition coefficient (Wildman–Crippen LogP) is 3.36. The third-order valence-electron chi connectivity index (χ3n) is 2.52. The molecule has 1 heteroatoms. The molecule has 12 heavy (non-hydrogen) atoms. The molecular weight excluding hydrogens is 148 g/mol. The molecule has 0 saturated heterocycles. The SMILES string of the molecule is CCC(C)CCCCCC(C)O. The van der Waals surface area contributed by atoms with Gasteiger partial charge in [0, 0.05) is 0 Å². The van der Waals surface area contributed by atoms with Crippen LogP contribution < -0.4 is 0 Å². The molecule has 0 heterocycles. The molecule has 1 N–H and O–H groups in total. The third kappa shape index (κ3) is 8.06. The van der Waals surface area contributed by atoms with Crippen molar-refractivity contribution < 1.29 is 5.11 Å². The van der Waals surface area contributed by atoms with Crippen LogP contribution in [-0.2, 0) is 0 Å². The molecule has 0 amide bonds. The highest BCUT2D eigenvalue weighted by atomic mass is 16.3. The van der Waals surface area contributed by atoms with Crippen LogP contribution in [0.2, 0.25) is 0 Å². The quantitative estimate of drug-likeness (QED) is 0.584. The molecule has 2 unspecified atom stereocenters. The van der Waals surface area contributed by atoms with E-state index in [2.05, 4.69) is 13.8 Å². The number of hydrogen-bond donors (Lipinski definition) is 1. The van der Waals surface area contributed by atoms with Gasteiger partial charge in [-0.1, -0.05) is 46.0 Å². The normalized spacial score (nSPS) is 16.0. The van der Waals surface area contributed by atoms with Gasteiger partial charge in [-0.2, -0.15) is 0 Å². The number of aliphatic hydroxyl groups excluding tert-OH is 1. The fraction of sp³-hybridized carbons (Fsp3) is 1.00. The molecule has 1 nitrogen and oxygen atoms in total. The Labute approximate surface area is 77.2 Å². The minimum atomic E-state index is -0.103. The number of unbranched alkanes of at least 4 members (excludes halogenated alkanes) is 2. The summed E-state index contributed by atoms with van der Waals surface area (Å²) in [4.78, 5) is 0. The average Bonchev–Trinajstić information content (AvgIpc) is 2.03. The first-order valence-electron chi connectivity index (χ1n) is 5.34. The largest absolute Gasteiger partial charge is 0.393 e. The van der Waals surface area contributed by atoms with E-state index < -0.39 is 0 Å². The number of aliphatic hydroxyl groups is 1. The summed E-state index contributed by atoms with van der Waals surface area (Å²) in [7, 11) is 0. The van der Waals surface area contributed by atoms with E-state index in [0.29, 0.717) is 0 Å². The van der Waals surface area contributed by atoms with Gasteiger partial charge in [-0.25, -0.2) is 0 Å². The molecule has 0 fully saturated rings. The fourth-order valence-corrected chi connectivity index (χ4v) is 1.31. The Bertz CT molecular complexity index is 89.0. The fourth-order valence-electron chi connectivity index (χ4n) is 1.31. The zero-order valence-corrected chi connectivity index (χ0v) is 8.84. The van der Waals surface area contributed by atoms with Gasteiger partial charge in [0.1, 0.15) is 0 Å². The minimum absolute atomic E-state index is 0.103. The standard InChI is InChI=1S/C11H24O/c1-4-10(2)8-6-5-7-9-11(3)12/h10-12H,4-9H2,1-3H3. The second-order valence-electron chi connectivity index (χ2n) is 4.00.